The Bertz CT molecular complexity index is 422. The molecule has 0 aliphatic carbocycles. The number of phenolic OH excluding ortho intramolecular Hbond substituents is 1. The highest BCUT2D eigenvalue weighted by atomic mass is 35.5. The van der Waals surface area contributed by atoms with Crippen molar-refractivity contribution in [3.05, 3.63) is 28.8 Å². The molecule has 1 saturated heterocycles. The second-order valence-electron chi connectivity index (χ2n) is 4.64. The van der Waals surface area contributed by atoms with E-state index >= 15 is 0 Å². The van der Waals surface area contributed by atoms with Gasteiger partial charge < -0.3 is 10.0 Å². The summed E-state index contributed by atoms with van der Waals surface area (Å²) in [6, 6.07) is 4.74. The first-order valence-electron chi connectivity index (χ1n) is 5.99. The Morgan fingerprint density at radius 1 is 1.33 bits per heavy atom. The first kappa shape index (κ1) is 13.3. The molecule has 1 N–H and O–H groups in total. The van der Waals surface area contributed by atoms with Crippen LogP contribution in [-0.4, -0.2) is 60.5 Å². The number of benzene rings is 1. The lowest BCUT2D eigenvalue weighted by atomic mass is 10.1. The molecule has 1 aromatic carbocycles. The maximum Gasteiger partial charge on any atom is 0.182 e. The number of hydrogen-bond acceptors (Lipinski definition) is 4. The van der Waals surface area contributed by atoms with E-state index in [0.29, 0.717) is 11.6 Å². The number of ketones is 1. The highest BCUT2D eigenvalue weighted by Gasteiger charge is 2.20. The molecule has 0 radical (unpaired) electrons. The van der Waals surface area contributed by atoms with Crippen LogP contribution in [0.15, 0.2) is 18.2 Å². The van der Waals surface area contributed by atoms with Crippen LogP contribution in [0.1, 0.15) is 10.4 Å². The van der Waals surface area contributed by atoms with Gasteiger partial charge in [0.05, 0.1) is 17.1 Å². The molecule has 2 rings (SSSR count). The van der Waals surface area contributed by atoms with E-state index in [-0.39, 0.29) is 17.1 Å². The van der Waals surface area contributed by atoms with Gasteiger partial charge >= 0.3 is 0 Å². The smallest absolute Gasteiger partial charge is 0.182 e. The van der Waals surface area contributed by atoms with E-state index in [1.807, 2.05) is 0 Å². The van der Waals surface area contributed by atoms with E-state index in [2.05, 4.69) is 16.8 Å². The van der Waals surface area contributed by atoms with Crippen LogP contribution in [0.4, 0.5) is 0 Å². The van der Waals surface area contributed by atoms with Crippen molar-refractivity contribution in [3.8, 4) is 5.75 Å². The molecule has 0 spiro atoms. The Morgan fingerprint density at radius 3 is 2.61 bits per heavy atom. The van der Waals surface area contributed by atoms with Crippen LogP contribution in [-0.2, 0) is 0 Å². The molecule has 1 aromatic rings. The summed E-state index contributed by atoms with van der Waals surface area (Å²) in [6.45, 7) is 3.97. The summed E-state index contributed by atoms with van der Waals surface area (Å²) in [5.74, 6) is -0.163. The number of aromatic hydroxyl groups is 1. The summed E-state index contributed by atoms with van der Waals surface area (Å²) in [7, 11) is 2.07. The molecule has 0 bridgehead atoms. The lowest BCUT2D eigenvalue weighted by Gasteiger charge is -2.31. The van der Waals surface area contributed by atoms with Gasteiger partial charge in [-0.15, -0.1) is 0 Å². The van der Waals surface area contributed by atoms with E-state index < -0.39 is 0 Å². The summed E-state index contributed by atoms with van der Waals surface area (Å²) in [4.78, 5) is 16.5. The maximum absolute atomic E-state index is 12.1. The van der Waals surface area contributed by atoms with Gasteiger partial charge in [0.15, 0.2) is 5.78 Å². The highest BCUT2D eigenvalue weighted by Crippen LogP contribution is 2.25. The highest BCUT2D eigenvalue weighted by molar-refractivity contribution is 6.34. The third-order valence-corrected chi connectivity index (χ3v) is 3.55. The van der Waals surface area contributed by atoms with Gasteiger partial charge in [0.25, 0.3) is 0 Å². The molecule has 4 nitrogen and oxygen atoms in total. The Hall–Kier alpha value is -1.10. The topological polar surface area (TPSA) is 43.8 Å². The fourth-order valence-corrected chi connectivity index (χ4v) is 2.35. The number of hydrogen-bond donors (Lipinski definition) is 1. The molecule has 1 fully saturated rings. The minimum atomic E-state index is -0.123. The number of nitrogens with zero attached hydrogens (tertiary/aromatic N) is 2. The standard InChI is InChI=1S/C13H17ClN2O2/c1-15-5-7-16(8-6-15)9-12(18)13-10(14)3-2-4-11(13)17/h2-4,17H,5-9H2,1H3. The van der Waals surface area contributed by atoms with Crippen LogP contribution in [0, 0.1) is 0 Å². The van der Waals surface area contributed by atoms with Gasteiger partial charge in [0.1, 0.15) is 5.75 Å². The molecule has 0 atom stereocenters. The maximum atomic E-state index is 12.1. The molecule has 18 heavy (non-hydrogen) atoms. The lowest BCUT2D eigenvalue weighted by Crippen LogP contribution is -2.46. The third kappa shape index (κ3) is 3.02. The van der Waals surface area contributed by atoms with Crippen LogP contribution < -0.4 is 0 Å². The van der Waals surface area contributed by atoms with E-state index in [9.17, 15) is 9.90 Å². The number of carbonyl (C=O) groups is 1. The summed E-state index contributed by atoms with van der Waals surface area (Å²) in [5, 5.41) is 10.0. The van der Waals surface area contributed by atoms with Crippen LogP contribution in [0.3, 0.4) is 0 Å². The largest absolute Gasteiger partial charge is 0.507 e. The zero-order valence-corrected chi connectivity index (χ0v) is 11.2. The first-order valence-corrected chi connectivity index (χ1v) is 6.37. The van der Waals surface area contributed by atoms with Gasteiger partial charge in [-0.3, -0.25) is 9.69 Å². The van der Waals surface area contributed by atoms with Crippen molar-refractivity contribution in [2.24, 2.45) is 0 Å². The number of Topliss-reactive ketones (excluding diaryl/α,β-unsaturated/α-hetero) is 1. The van der Waals surface area contributed by atoms with E-state index in [4.69, 9.17) is 11.6 Å². The average molecular weight is 269 g/mol. The molecule has 5 heteroatoms. The predicted octanol–water partition coefficient (Wildman–Crippen LogP) is 1.48. The van der Waals surface area contributed by atoms with Crippen LogP contribution in [0.25, 0.3) is 0 Å². The molecule has 1 aliphatic rings. The van der Waals surface area contributed by atoms with E-state index in [0.717, 1.165) is 26.2 Å². The molecule has 0 amide bonds. The Balaban J connectivity index is 2.04. The monoisotopic (exact) mass is 268 g/mol. The van der Waals surface area contributed by atoms with E-state index in [1.54, 1.807) is 12.1 Å². The van der Waals surface area contributed by atoms with Gasteiger partial charge in [-0.25, -0.2) is 0 Å². The van der Waals surface area contributed by atoms with Gasteiger partial charge in [-0.1, -0.05) is 17.7 Å². The van der Waals surface area contributed by atoms with Crippen LogP contribution >= 0.6 is 11.6 Å². The molecule has 0 unspecified atom stereocenters. The van der Waals surface area contributed by atoms with Gasteiger partial charge in [-0.05, 0) is 19.2 Å². The summed E-state index contributed by atoms with van der Waals surface area (Å²) in [6.07, 6.45) is 0. The Kier molecular flexibility index (Phi) is 4.22. The Labute approximate surface area is 112 Å². The van der Waals surface area contributed by atoms with Gasteiger partial charge in [0.2, 0.25) is 0 Å². The number of piperazine rings is 1. The molecule has 1 heterocycles. The minimum Gasteiger partial charge on any atom is -0.507 e. The van der Waals surface area contributed by atoms with Crippen molar-refractivity contribution < 1.29 is 9.90 Å². The molecular formula is C13H17ClN2O2. The van der Waals surface area contributed by atoms with E-state index in [1.165, 1.54) is 6.07 Å². The number of carbonyl (C=O) groups excluding carboxylic acids is 1. The number of phenols is 1. The van der Waals surface area contributed by atoms with Crippen molar-refractivity contribution in [1.29, 1.82) is 0 Å². The summed E-state index contributed by atoms with van der Waals surface area (Å²) in [5.41, 5.74) is 0.234. The SMILES string of the molecule is CN1CCN(CC(=O)c2c(O)cccc2Cl)CC1. The number of rotatable bonds is 3. The molecule has 0 aromatic heterocycles. The average Bonchev–Trinajstić information content (AvgIpc) is 2.32. The summed E-state index contributed by atoms with van der Waals surface area (Å²) >= 11 is 5.96. The van der Waals surface area contributed by atoms with Gasteiger partial charge in [0, 0.05) is 26.2 Å². The second-order valence-corrected chi connectivity index (χ2v) is 5.04. The predicted molar refractivity (Wildman–Crippen MR) is 71.4 cm³/mol. The van der Waals surface area contributed by atoms with Crippen molar-refractivity contribution >= 4 is 17.4 Å². The number of likely N-dealkylation sites (N-methyl/N-ethyl adjacent to an activating group) is 1. The van der Waals surface area contributed by atoms with Crippen molar-refractivity contribution in [2.45, 2.75) is 0 Å². The van der Waals surface area contributed by atoms with Crippen molar-refractivity contribution in [2.75, 3.05) is 39.8 Å². The third-order valence-electron chi connectivity index (χ3n) is 3.23. The fraction of sp³-hybridized carbons (Fsp3) is 0.462. The second kappa shape index (κ2) is 5.69. The molecule has 98 valence electrons. The summed E-state index contributed by atoms with van der Waals surface area (Å²) < 4.78 is 0. The quantitative estimate of drug-likeness (QED) is 0.844. The molecular weight excluding hydrogens is 252 g/mol. The van der Waals surface area contributed by atoms with Crippen molar-refractivity contribution in [1.82, 2.24) is 9.80 Å². The van der Waals surface area contributed by atoms with Crippen LogP contribution in [0.5, 0.6) is 5.75 Å². The zero-order chi connectivity index (χ0) is 13.1. The minimum absolute atomic E-state index is 0.0402. The molecule has 1 aliphatic heterocycles. The first-order chi connectivity index (χ1) is 8.58. The number of halogens is 1. The normalized spacial score (nSPS) is 17.9. The molecule has 0 saturated carbocycles. The fourth-order valence-electron chi connectivity index (χ4n) is 2.08. The zero-order valence-electron chi connectivity index (χ0n) is 10.4. The van der Waals surface area contributed by atoms with Gasteiger partial charge in [-0.2, -0.15) is 0 Å². The van der Waals surface area contributed by atoms with Crippen LogP contribution in [0.2, 0.25) is 5.02 Å². The Morgan fingerprint density at radius 2 is 2.00 bits per heavy atom. The van der Waals surface area contributed by atoms with Crippen molar-refractivity contribution in [3.63, 3.8) is 0 Å². The lowest BCUT2D eigenvalue weighted by molar-refractivity contribution is 0.0874.